The van der Waals surface area contributed by atoms with E-state index >= 15 is 0 Å². The highest BCUT2D eigenvalue weighted by Crippen LogP contribution is 2.45. The number of rotatable bonds is 8. The van der Waals surface area contributed by atoms with Gasteiger partial charge in [0.2, 0.25) is 17.7 Å². The van der Waals surface area contributed by atoms with Crippen molar-refractivity contribution in [1.29, 1.82) is 0 Å². The van der Waals surface area contributed by atoms with Crippen molar-refractivity contribution < 1.29 is 19.5 Å². The molecule has 4 rings (SSSR count). The van der Waals surface area contributed by atoms with Crippen LogP contribution in [0.15, 0.2) is 54.6 Å². The predicted octanol–water partition coefficient (Wildman–Crippen LogP) is 2.95. The summed E-state index contributed by atoms with van der Waals surface area (Å²) in [5.41, 5.74) is 0.670. The molecule has 2 aromatic carbocycles. The van der Waals surface area contributed by atoms with E-state index in [9.17, 15) is 19.5 Å². The Bertz CT molecular complexity index is 1100. The molecule has 1 aliphatic carbocycles. The number of benzene rings is 2. The fraction of sp³-hybridized carbons (Fsp3) is 0.444. The van der Waals surface area contributed by atoms with Gasteiger partial charge in [-0.05, 0) is 48.1 Å². The van der Waals surface area contributed by atoms with E-state index in [1.54, 1.807) is 11.9 Å². The average molecular weight is 464 g/mol. The van der Waals surface area contributed by atoms with Gasteiger partial charge in [-0.1, -0.05) is 49.4 Å². The Morgan fingerprint density at radius 2 is 1.79 bits per heavy atom. The zero-order valence-corrected chi connectivity index (χ0v) is 19.7. The van der Waals surface area contributed by atoms with Crippen LogP contribution in [0.4, 0.5) is 5.69 Å². The molecule has 0 spiro atoms. The normalized spacial score (nSPS) is 25.9. The minimum absolute atomic E-state index is 0.0293. The molecular weight excluding hydrogens is 430 g/mol. The summed E-state index contributed by atoms with van der Waals surface area (Å²) in [7, 11) is 1.59. The van der Waals surface area contributed by atoms with Gasteiger partial charge in [0.25, 0.3) is 0 Å². The van der Waals surface area contributed by atoms with Gasteiger partial charge in [-0.15, -0.1) is 0 Å². The monoisotopic (exact) mass is 463 g/mol. The van der Waals surface area contributed by atoms with Crippen LogP contribution in [0.5, 0.6) is 0 Å². The molecule has 3 amide bonds. The predicted molar refractivity (Wildman–Crippen MR) is 132 cm³/mol. The summed E-state index contributed by atoms with van der Waals surface area (Å²) in [5, 5.41) is 17.1. The van der Waals surface area contributed by atoms with Crippen molar-refractivity contribution in [2.45, 2.75) is 32.2 Å². The molecule has 0 saturated carbocycles. The lowest BCUT2D eigenvalue weighted by molar-refractivity contribution is -0.140. The minimum Gasteiger partial charge on any atom is -0.396 e. The van der Waals surface area contributed by atoms with E-state index in [-0.39, 0.29) is 36.2 Å². The number of hydrogen-bond donors (Lipinski definition) is 3. The summed E-state index contributed by atoms with van der Waals surface area (Å²) in [5.74, 6) is -2.08. The van der Waals surface area contributed by atoms with E-state index in [0.29, 0.717) is 25.1 Å². The van der Waals surface area contributed by atoms with E-state index in [4.69, 9.17) is 0 Å². The summed E-state index contributed by atoms with van der Waals surface area (Å²) >= 11 is 0. The topological polar surface area (TPSA) is 98.7 Å². The standard InChI is InChI=1S/C27H33N3O4/c1-3-17-11-13-21-23(22(17)25(32)28-2)27(34)30(14-6-7-15-31)24(21)26(33)29-20-12-10-18-8-4-5-9-19(18)16-20/h4-5,8-13,16-17,21-24,31H,3,6-7,14-15H2,1-2H3,(H,28,32)(H,29,33)/t17-,21+,22-,23+,24+/m1/s1. The molecule has 180 valence electrons. The van der Waals surface area contributed by atoms with Gasteiger partial charge in [0.15, 0.2) is 0 Å². The molecular formula is C27H33N3O4. The maximum absolute atomic E-state index is 13.6. The molecule has 1 aliphatic heterocycles. The number of hydrogen-bond acceptors (Lipinski definition) is 4. The lowest BCUT2D eigenvalue weighted by Crippen LogP contribution is -2.45. The average Bonchev–Trinajstić information content (AvgIpc) is 3.14. The van der Waals surface area contributed by atoms with Gasteiger partial charge in [0.05, 0.1) is 11.8 Å². The first-order valence-corrected chi connectivity index (χ1v) is 12.1. The van der Waals surface area contributed by atoms with Gasteiger partial charge in [0, 0.05) is 31.8 Å². The highest BCUT2D eigenvalue weighted by molar-refractivity contribution is 6.02. The third kappa shape index (κ3) is 4.44. The summed E-state index contributed by atoms with van der Waals surface area (Å²) in [6, 6.07) is 13.0. The van der Waals surface area contributed by atoms with Gasteiger partial charge < -0.3 is 20.6 Å². The van der Waals surface area contributed by atoms with E-state index < -0.39 is 17.9 Å². The quantitative estimate of drug-likeness (QED) is 0.414. The second kappa shape index (κ2) is 10.4. The Hall–Kier alpha value is -3.19. The number of anilines is 1. The van der Waals surface area contributed by atoms with Gasteiger partial charge in [-0.2, -0.15) is 0 Å². The van der Waals surface area contributed by atoms with Crippen LogP contribution in [0, 0.1) is 23.7 Å². The Morgan fingerprint density at radius 1 is 1.03 bits per heavy atom. The number of aliphatic hydroxyl groups excluding tert-OH is 1. The van der Waals surface area contributed by atoms with E-state index in [0.717, 1.165) is 17.2 Å². The fourth-order valence-corrected chi connectivity index (χ4v) is 5.53. The second-order valence-electron chi connectivity index (χ2n) is 9.16. The molecule has 0 unspecified atom stereocenters. The maximum atomic E-state index is 13.6. The molecule has 2 aromatic rings. The van der Waals surface area contributed by atoms with Crippen LogP contribution in [0.1, 0.15) is 26.2 Å². The van der Waals surface area contributed by atoms with Crippen molar-refractivity contribution >= 4 is 34.2 Å². The number of aliphatic hydroxyl groups is 1. The lowest BCUT2D eigenvalue weighted by Gasteiger charge is -2.33. The van der Waals surface area contributed by atoms with Gasteiger partial charge in [-0.25, -0.2) is 0 Å². The number of nitrogens with one attached hydrogen (secondary N) is 2. The highest BCUT2D eigenvalue weighted by atomic mass is 16.3. The largest absolute Gasteiger partial charge is 0.396 e. The molecule has 3 N–H and O–H groups in total. The van der Waals surface area contributed by atoms with E-state index in [2.05, 4.69) is 10.6 Å². The van der Waals surface area contributed by atoms with Crippen molar-refractivity contribution in [1.82, 2.24) is 10.2 Å². The first kappa shape index (κ1) is 24.0. The zero-order chi connectivity index (χ0) is 24.2. The molecule has 7 nitrogen and oxygen atoms in total. The summed E-state index contributed by atoms with van der Waals surface area (Å²) in [6.45, 7) is 2.41. The molecule has 0 radical (unpaired) electrons. The van der Waals surface area contributed by atoms with E-state index in [1.165, 1.54) is 0 Å². The molecule has 1 saturated heterocycles. The molecule has 5 atom stereocenters. The van der Waals surface area contributed by atoms with Crippen molar-refractivity contribution in [3.8, 4) is 0 Å². The Balaban J connectivity index is 1.66. The van der Waals surface area contributed by atoms with Crippen molar-refractivity contribution in [3.63, 3.8) is 0 Å². The molecule has 7 heteroatoms. The van der Waals surface area contributed by atoms with Crippen LogP contribution in [0.3, 0.4) is 0 Å². The van der Waals surface area contributed by atoms with Crippen LogP contribution in [0.2, 0.25) is 0 Å². The maximum Gasteiger partial charge on any atom is 0.247 e. The number of unbranched alkanes of at least 4 members (excludes halogenated alkanes) is 1. The van der Waals surface area contributed by atoms with Crippen LogP contribution >= 0.6 is 0 Å². The smallest absolute Gasteiger partial charge is 0.247 e. The van der Waals surface area contributed by atoms with Crippen molar-refractivity contribution in [3.05, 3.63) is 54.6 Å². The molecule has 2 aliphatic rings. The van der Waals surface area contributed by atoms with Crippen molar-refractivity contribution in [2.24, 2.45) is 23.7 Å². The van der Waals surface area contributed by atoms with Crippen LogP contribution < -0.4 is 10.6 Å². The lowest BCUT2D eigenvalue weighted by atomic mass is 9.69. The number of likely N-dealkylation sites (tertiary alicyclic amines) is 1. The number of allylic oxidation sites excluding steroid dienone is 1. The number of carbonyl (C=O) groups excluding carboxylic acids is 3. The number of nitrogens with zero attached hydrogens (tertiary/aromatic N) is 1. The second-order valence-corrected chi connectivity index (χ2v) is 9.16. The highest BCUT2D eigenvalue weighted by Gasteiger charge is 2.56. The Morgan fingerprint density at radius 3 is 2.50 bits per heavy atom. The third-order valence-corrected chi connectivity index (χ3v) is 7.23. The third-order valence-electron chi connectivity index (χ3n) is 7.23. The van der Waals surface area contributed by atoms with E-state index in [1.807, 2.05) is 61.5 Å². The minimum atomic E-state index is -0.705. The molecule has 0 aromatic heterocycles. The Labute approximate surface area is 200 Å². The summed E-state index contributed by atoms with van der Waals surface area (Å²) < 4.78 is 0. The fourth-order valence-electron chi connectivity index (χ4n) is 5.53. The summed E-state index contributed by atoms with van der Waals surface area (Å²) in [4.78, 5) is 41.7. The van der Waals surface area contributed by atoms with Crippen molar-refractivity contribution in [2.75, 3.05) is 25.5 Å². The number of amides is 3. The molecule has 1 fully saturated rings. The van der Waals surface area contributed by atoms with Gasteiger partial charge >= 0.3 is 0 Å². The number of fused-ring (bicyclic) bond motifs is 2. The van der Waals surface area contributed by atoms with Crippen LogP contribution in [0.25, 0.3) is 10.8 Å². The number of carbonyl (C=O) groups is 3. The van der Waals surface area contributed by atoms with Crippen LogP contribution in [-0.2, 0) is 14.4 Å². The first-order chi connectivity index (χ1) is 16.5. The summed E-state index contributed by atoms with van der Waals surface area (Å²) in [6.07, 6.45) is 5.84. The SMILES string of the molecule is CC[C@@H]1C=C[C@H]2[C@H](C(=O)N(CCCCO)[C@@H]2C(=O)Nc2ccc3ccccc3c2)[C@@H]1C(=O)NC. The Kier molecular flexibility index (Phi) is 7.32. The van der Waals surface area contributed by atoms with Gasteiger partial charge in [-0.3, -0.25) is 14.4 Å². The molecule has 0 bridgehead atoms. The van der Waals surface area contributed by atoms with Gasteiger partial charge in [0.1, 0.15) is 6.04 Å². The molecule has 1 heterocycles. The molecule has 34 heavy (non-hydrogen) atoms. The first-order valence-electron chi connectivity index (χ1n) is 12.1. The zero-order valence-electron chi connectivity index (χ0n) is 19.7. The van der Waals surface area contributed by atoms with Crippen LogP contribution in [-0.4, -0.2) is 54.0 Å².